The molecule has 2 aliphatic heterocycles. The summed E-state index contributed by atoms with van der Waals surface area (Å²) in [6.07, 6.45) is 3.09. The zero-order valence-electron chi connectivity index (χ0n) is 19.4. The van der Waals surface area contributed by atoms with Gasteiger partial charge in [-0.2, -0.15) is 0 Å². The number of likely N-dealkylation sites (tertiary alicyclic amines) is 1. The van der Waals surface area contributed by atoms with Crippen molar-refractivity contribution in [2.75, 3.05) is 33.3 Å². The molecular weight excluding hydrogens is 408 g/mol. The highest BCUT2D eigenvalue weighted by molar-refractivity contribution is 5.94. The predicted molar refractivity (Wildman–Crippen MR) is 132 cm³/mol. The van der Waals surface area contributed by atoms with Crippen LogP contribution in [0.4, 0.5) is 0 Å². The third-order valence-corrected chi connectivity index (χ3v) is 7.41. The van der Waals surface area contributed by atoms with Gasteiger partial charge in [0.15, 0.2) is 0 Å². The third kappa shape index (κ3) is 4.53. The molecule has 1 saturated heterocycles. The minimum absolute atomic E-state index is 0.123. The van der Waals surface area contributed by atoms with Gasteiger partial charge in [0.1, 0.15) is 5.75 Å². The summed E-state index contributed by atoms with van der Waals surface area (Å²) in [6, 6.07) is 27.2. The van der Waals surface area contributed by atoms with Crippen molar-refractivity contribution in [2.24, 2.45) is 0 Å². The Morgan fingerprint density at radius 3 is 2.33 bits per heavy atom. The highest BCUT2D eigenvalue weighted by Gasteiger charge is 2.42. The van der Waals surface area contributed by atoms with Gasteiger partial charge in [-0.3, -0.25) is 9.69 Å². The van der Waals surface area contributed by atoms with E-state index in [1.165, 1.54) is 16.7 Å². The summed E-state index contributed by atoms with van der Waals surface area (Å²) in [5.74, 6) is 0.899. The first-order valence-corrected chi connectivity index (χ1v) is 11.9. The fourth-order valence-electron chi connectivity index (χ4n) is 5.56. The van der Waals surface area contributed by atoms with Gasteiger partial charge in [-0.25, -0.2) is 0 Å². The molecule has 5 rings (SSSR count). The fraction of sp³-hybridized carbons (Fsp3) is 0.345. The van der Waals surface area contributed by atoms with Crippen molar-refractivity contribution in [2.45, 2.75) is 31.2 Å². The number of nitrogens with zero attached hydrogens (tertiary/aromatic N) is 2. The van der Waals surface area contributed by atoms with E-state index in [2.05, 4.69) is 59.5 Å². The molecule has 1 spiro atoms. The van der Waals surface area contributed by atoms with E-state index < -0.39 is 0 Å². The SMILES string of the molecule is COc1ccc(C(=O)N2CCC3(CC2)CN(CCc2ccccc2)Cc2ccccc23)cc1. The van der Waals surface area contributed by atoms with E-state index in [0.29, 0.717) is 0 Å². The summed E-state index contributed by atoms with van der Waals surface area (Å²) in [4.78, 5) is 17.8. The van der Waals surface area contributed by atoms with E-state index in [4.69, 9.17) is 4.74 Å². The summed E-state index contributed by atoms with van der Waals surface area (Å²) in [6.45, 7) is 4.74. The minimum atomic E-state index is 0.123. The summed E-state index contributed by atoms with van der Waals surface area (Å²) < 4.78 is 5.23. The van der Waals surface area contributed by atoms with Crippen LogP contribution in [0, 0.1) is 0 Å². The number of carbonyl (C=O) groups is 1. The summed E-state index contributed by atoms with van der Waals surface area (Å²) >= 11 is 0. The highest BCUT2D eigenvalue weighted by atomic mass is 16.5. The van der Waals surface area contributed by atoms with Crippen LogP contribution in [0.25, 0.3) is 0 Å². The maximum Gasteiger partial charge on any atom is 0.253 e. The molecule has 4 heteroatoms. The number of ether oxygens (including phenoxy) is 1. The smallest absolute Gasteiger partial charge is 0.253 e. The van der Waals surface area contributed by atoms with E-state index >= 15 is 0 Å². The van der Waals surface area contributed by atoms with Gasteiger partial charge in [-0.1, -0.05) is 54.6 Å². The molecule has 2 aliphatic rings. The molecule has 33 heavy (non-hydrogen) atoms. The van der Waals surface area contributed by atoms with Gasteiger partial charge in [0.25, 0.3) is 5.91 Å². The Balaban J connectivity index is 1.30. The van der Waals surface area contributed by atoms with Crippen LogP contribution in [0.1, 0.15) is 39.9 Å². The second-order valence-corrected chi connectivity index (χ2v) is 9.40. The first-order chi connectivity index (χ1) is 16.2. The average Bonchev–Trinajstić information content (AvgIpc) is 2.88. The third-order valence-electron chi connectivity index (χ3n) is 7.41. The largest absolute Gasteiger partial charge is 0.497 e. The lowest BCUT2D eigenvalue weighted by Gasteiger charge is -2.49. The molecule has 0 saturated carbocycles. The minimum Gasteiger partial charge on any atom is -0.497 e. The van der Waals surface area contributed by atoms with Gasteiger partial charge in [-0.15, -0.1) is 0 Å². The molecule has 0 unspecified atom stereocenters. The molecule has 170 valence electrons. The molecule has 2 heterocycles. The Labute approximate surface area is 196 Å². The quantitative estimate of drug-likeness (QED) is 0.564. The predicted octanol–water partition coefficient (Wildman–Crippen LogP) is 4.93. The lowest BCUT2D eigenvalue weighted by Crippen LogP contribution is -2.53. The highest BCUT2D eigenvalue weighted by Crippen LogP contribution is 2.42. The number of amides is 1. The number of hydrogen-bond donors (Lipinski definition) is 0. The average molecular weight is 441 g/mol. The standard InChI is InChI=1S/C29H32N2O2/c1-33-26-13-11-24(12-14-26)28(32)31-19-16-29(17-20-31)22-30(18-15-23-7-3-2-4-8-23)21-25-9-5-6-10-27(25)29/h2-14H,15-22H2,1H3. The first-order valence-electron chi connectivity index (χ1n) is 11.9. The maximum atomic E-state index is 13.1. The van der Waals surface area contributed by atoms with Crippen LogP contribution in [-0.4, -0.2) is 49.0 Å². The number of rotatable bonds is 5. The zero-order valence-corrected chi connectivity index (χ0v) is 19.4. The van der Waals surface area contributed by atoms with Crippen LogP contribution >= 0.6 is 0 Å². The molecule has 1 amide bonds. The van der Waals surface area contributed by atoms with Gasteiger partial charge in [0.2, 0.25) is 0 Å². The molecule has 0 aromatic heterocycles. The Hall–Kier alpha value is -3.11. The number of hydrogen-bond acceptors (Lipinski definition) is 3. The molecule has 3 aromatic rings. The molecule has 0 aliphatic carbocycles. The van der Waals surface area contributed by atoms with Crippen molar-refractivity contribution < 1.29 is 9.53 Å². The van der Waals surface area contributed by atoms with Crippen molar-refractivity contribution in [3.8, 4) is 5.75 Å². The number of fused-ring (bicyclic) bond motifs is 2. The van der Waals surface area contributed by atoms with E-state index in [0.717, 1.165) is 63.3 Å². The van der Waals surface area contributed by atoms with Crippen LogP contribution in [0.3, 0.4) is 0 Å². The topological polar surface area (TPSA) is 32.8 Å². The van der Waals surface area contributed by atoms with Crippen LogP contribution in [-0.2, 0) is 18.4 Å². The number of methoxy groups -OCH3 is 1. The zero-order chi connectivity index (χ0) is 22.7. The number of piperidine rings is 1. The molecular formula is C29H32N2O2. The summed E-state index contributed by atoms with van der Waals surface area (Å²) in [5.41, 5.74) is 5.21. The second-order valence-electron chi connectivity index (χ2n) is 9.40. The summed E-state index contributed by atoms with van der Waals surface area (Å²) in [5, 5.41) is 0. The Kier molecular flexibility index (Phi) is 6.19. The van der Waals surface area contributed by atoms with Crippen LogP contribution < -0.4 is 4.74 Å². The number of carbonyl (C=O) groups excluding carboxylic acids is 1. The van der Waals surface area contributed by atoms with Crippen molar-refractivity contribution in [1.82, 2.24) is 9.80 Å². The van der Waals surface area contributed by atoms with Gasteiger partial charge in [0.05, 0.1) is 7.11 Å². The molecule has 4 nitrogen and oxygen atoms in total. The van der Waals surface area contributed by atoms with E-state index in [-0.39, 0.29) is 11.3 Å². The first kappa shape index (κ1) is 21.7. The summed E-state index contributed by atoms with van der Waals surface area (Å²) in [7, 11) is 1.64. The molecule has 3 aromatic carbocycles. The van der Waals surface area contributed by atoms with Crippen molar-refractivity contribution >= 4 is 5.91 Å². The molecule has 0 radical (unpaired) electrons. The second kappa shape index (κ2) is 9.40. The van der Waals surface area contributed by atoms with Crippen molar-refractivity contribution in [3.63, 3.8) is 0 Å². The number of benzene rings is 3. The molecule has 0 bridgehead atoms. The van der Waals surface area contributed by atoms with Crippen LogP contribution in [0.5, 0.6) is 5.75 Å². The van der Waals surface area contributed by atoms with Crippen LogP contribution in [0.2, 0.25) is 0 Å². The lowest BCUT2D eigenvalue weighted by molar-refractivity contribution is 0.0595. The Morgan fingerprint density at radius 2 is 1.61 bits per heavy atom. The van der Waals surface area contributed by atoms with Gasteiger partial charge in [0, 0.05) is 43.7 Å². The maximum absolute atomic E-state index is 13.1. The van der Waals surface area contributed by atoms with Gasteiger partial charge in [-0.05, 0) is 60.2 Å². The van der Waals surface area contributed by atoms with Gasteiger partial charge < -0.3 is 9.64 Å². The Morgan fingerprint density at radius 1 is 0.909 bits per heavy atom. The van der Waals surface area contributed by atoms with Gasteiger partial charge >= 0.3 is 0 Å². The van der Waals surface area contributed by atoms with E-state index in [1.807, 2.05) is 29.2 Å². The van der Waals surface area contributed by atoms with Crippen molar-refractivity contribution in [3.05, 3.63) is 101 Å². The fourth-order valence-corrected chi connectivity index (χ4v) is 5.56. The Bertz CT molecular complexity index is 1090. The lowest BCUT2D eigenvalue weighted by atomic mass is 9.68. The monoisotopic (exact) mass is 440 g/mol. The van der Waals surface area contributed by atoms with E-state index in [1.54, 1.807) is 7.11 Å². The van der Waals surface area contributed by atoms with Crippen molar-refractivity contribution in [1.29, 1.82) is 0 Å². The normalized spacial score (nSPS) is 17.5. The van der Waals surface area contributed by atoms with Crippen LogP contribution in [0.15, 0.2) is 78.9 Å². The molecule has 0 atom stereocenters. The molecule has 1 fully saturated rings. The van der Waals surface area contributed by atoms with E-state index in [9.17, 15) is 4.79 Å². The molecule has 0 N–H and O–H groups in total.